The topological polar surface area (TPSA) is 84.5 Å². The number of para-hydroxylation sites is 1. The Morgan fingerprint density at radius 3 is 2.71 bits per heavy atom. The van der Waals surface area contributed by atoms with E-state index < -0.39 is 0 Å². The smallest absolute Gasteiger partial charge is 0.287 e. The molecule has 0 saturated heterocycles. The molecule has 9 heteroatoms. The van der Waals surface area contributed by atoms with Crippen LogP contribution in [0.15, 0.2) is 71.3 Å². The number of carbonyl (C=O) groups is 1. The number of fused-ring (bicyclic) bond motifs is 2. The van der Waals surface area contributed by atoms with Gasteiger partial charge in [-0.25, -0.2) is 4.98 Å². The molecule has 2 radical (unpaired) electrons. The molecule has 0 fully saturated rings. The Balaban J connectivity index is 1.19. The Hall–Kier alpha value is -3.78. The molecule has 168 valence electrons. The van der Waals surface area contributed by atoms with Gasteiger partial charge in [-0.05, 0) is 36.5 Å². The number of halogens is 1. The summed E-state index contributed by atoms with van der Waals surface area (Å²) in [6, 6.07) is 18.8. The first-order valence-electron chi connectivity index (χ1n) is 11.0. The number of amides is 1. The minimum Gasteiger partial charge on any atom is -0.451 e. The Morgan fingerprint density at radius 2 is 1.85 bits per heavy atom. The molecular formula is C25H21BClN5O2. The van der Waals surface area contributed by atoms with Crippen molar-refractivity contribution in [1.82, 2.24) is 19.9 Å². The number of carbonyl (C=O) groups excluding carboxylic acids is 1. The van der Waals surface area contributed by atoms with E-state index in [9.17, 15) is 4.79 Å². The van der Waals surface area contributed by atoms with Gasteiger partial charge in [-0.3, -0.25) is 4.79 Å². The van der Waals surface area contributed by atoms with Crippen molar-refractivity contribution in [2.75, 3.05) is 18.4 Å². The molecule has 5 rings (SSSR count). The number of nitrogens with zero attached hydrogens (tertiary/aromatic N) is 3. The van der Waals surface area contributed by atoms with Crippen molar-refractivity contribution in [1.29, 1.82) is 0 Å². The third kappa shape index (κ3) is 4.49. The zero-order valence-corrected chi connectivity index (χ0v) is 19.0. The summed E-state index contributed by atoms with van der Waals surface area (Å²) in [6.07, 6.45) is 3.21. The van der Waals surface area contributed by atoms with E-state index in [1.54, 1.807) is 16.8 Å². The molecule has 34 heavy (non-hydrogen) atoms. The second kappa shape index (κ2) is 9.61. The van der Waals surface area contributed by atoms with E-state index in [0.717, 1.165) is 29.6 Å². The van der Waals surface area contributed by atoms with Crippen LogP contribution in [0.1, 0.15) is 23.4 Å². The molecule has 2 N–H and O–H groups in total. The Kier molecular flexibility index (Phi) is 6.23. The Labute approximate surface area is 202 Å². The van der Waals surface area contributed by atoms with Crippen molar-refractivity contribution in [3.8, 4) is 11.3 Å². The summed E-state index contributed by atoms with van der Waals surface area (Å²) in [4.78, 5) is 17.0. The number of unbranched alkanes of at least 4 members (excludes halogenated alkanes) is 1. The number of aromatic nitrogens is 3. The van der Waals surface area contributed by atoms with Gasteiger partial charge >= 0.3 is 0 Å². The molecular weight excluding hydrogens is 449 g/mol. The molecule has 0 aliphatic heterocycles. The van der Waals surface area contributed by atoms with Crippen LogP contribution >= 0.6 is 11.6 Å². The monoisotopic (exact) mass is 469 g/mol. The maximum absolute atomic E-state index is 12.4. The summed E-state index contributed by atoms with van der Waals surface area (Å²) < 4.78 is 7.28. The lowest BCUT2D eigenvalue weighted by atomic mass is 10.0. The molecule has 7 nitrogen and oxygen atoms in total. The van der Waals surface area contributed by atoms with Crippen LogP contribution in [0.4, 0.5) is 5.82 Å². The maximum atomic E-state index is 12.4. The molecule has 0 aliphatic carbocycles. The fourth-order valence-corrected chi connectivity index (χ4v) is 3.99. The van der Waals surface area contributed by atoms with Gasteiger partial charge in [0.05, 0.1) is 5.69 Å². The minimum atomic E-state index is -0.212. The van der Waals surface area contributed by atoms with Gasteiger partial charge in [0.2, 0.25) is 0 Å². The normalized spacial score (nSPS) is 11.2. The lowest BCUT2D eigenvalue weighted by molar-refractivity contribution is 0.0927. The van der Waals surface area contributed by atoms with E-state index in [0.29, 0.717) is 46.3 Å². The summed E-state index contributed by atoms with van der Waals surface area (Å²) >= 11 is 6.38. The SMILES string of the molecule is [B]c1cnn2c(NCCCCNC(=O)c3cc4ccccc4o3)cc(-c3ccccc3Cl)nc12. The zero-order valence-electron chi connectivity index (χ0n) is 18.3. The number of anilines is 1. The molecule has 0 aliphatic rings. The summed E-state index contributed by atoms with van der Waals surface area (Å²) in [5, 5.41) is 12.2. The van der Waals surface area contributed by atoms with E-state index in [2.05, 4.69) is 20.7 Å². The van der Waals surface area contributed by atoms with Gasteiger partial charge < -0.3 is 15.1 Å². The highest BCUT2D eigenvalue weighted by Crippen LogP contribution is 2.28. The molecule has 0 bridgehead atoms. The average molecular weight is 470 g/mol. The van der Waals surface area contributed by atoms with Crippen molar-refractivity contribution >= 4 is 53.3 Å². The largest absolute Gasteiger partial charge is 0.451 e. The van der Waals surface area contributed by atoms with Crippen LogP contribution in [0.2, 0.25) is 5.02 Å². The summed E-state index contributed by atoms with van der Waals surface area (Å²) in [5.41, 5.74) is 3.30. The van der Waals surface area contributed by atoms with Crippen LogP contribution in [0.5, 0.6) is 0 Å². The third-order valence-corrected chi connectivity index (χ3v) is 5.82. The average Bonchev–Trinajstić information content (AvgIpc) is 3.45. The van der Waals surface area contributed by atoms with Crippen LogP contribution < -0.4 is 16.1 Å². The highest BCUT2D eigenvalue weighted by Gasteiger charge is 2.13. The Morgan fingerprint density at radius 1 is 1.06 bits per heavy atom. The van der Waals surface area contributed by atoms with Gasteiger partial charge in [-0.2, -0.15) is 9.61 Å². The maximum Gasteiger partial charge on any atom is 0.287 e. The van der Waals surface area contributed by atoms with E-state index >= 15 is 0 Å². The van der Waals surface area contributed by atoms with Gasteiger partial charge in [-0.15, -0.1) is 0 Å². The van der Waals surface area contributed by atoms with Gasteiger partial charge in [0, 0.05) is 41.3 Å². The molecule has 1 amide bonds. The number of hydrogen-bond acceptors (Lipinski definition) is 5. The number of rotatable bonds is 8. The molecule has 0 atom stereocenters. The molecule has 5 aromatic rings. The minimum absolute atomic E-state index is 0.212. The third-order valence-electron chi connectivity index (χ3n) is 5.49. The zero-order chi connectivity index (χ0) is 23.5. The lowest BCUT2D eigenvalue weighted by Gasteiger charge is -2.12. The standard InChI is InChI=1S/C25H21BClN5O2/c26-18-15-30-32-23(14-20(31-24(18)32)17-8-2-3-9-19(17)27)28-11-5-6-12-29-25(33)22-13-16-7-1-4-10-21(16)34-22/h1-4,7-10,13-15,28H,5-6,11-12H2,(H,29,33). The predicted octanol–water partition coefficient (Wildman–Crippen LogP) is 4.21. The van der Waals surface area contributed by atoms with Crippen molar-refractivity contribution in [2.24, 2.45) is 0 Å². The van der Waals surface area contributed by atoms with E-state index in [1.165, 1.54) is 0 Å². The number of nitrogens with one attached hydrogen (secondary N) is 2. The molecule has 3 heterocycles. The molecule has 0 unspecified atom stereocenters. The van der Waals surface area contributed by atoms with Crippen LogP contribution in [0, 0.1) is 0 Å². The molecule has 0 saturated carbocycles. The lowest BCUT2D eigenvalue weighted by Crippen LogP contribution is -2.24. The quantitative estimate of drug-likeness (QED) is 0.263. The van der Waals surface area contributed by atoms with Crippen molar-refractivity contribution in [3.05, 3.63) is 77.6 Å². The predicted molar refractivity (Wildman–Crippen MR) is 135 cm³/mol. The Bertz CT molecular complexity index is 1450. The first kappa shape index (κ1) is 22.0. The fourth-order valence-electron chi connectivity index (χ4n) is 3.76. The van der Waals surface area contributed by atoms with E-state index in [4.69, 9.17) is 23.9 Å². The summed E-state index contributed by atoms with van der Waals surface area (Å²) in [6.45, 7) is 1.23. The van der Waals surface area contributed by atoms with Crippen LogP contribution in [0.3, 0.4) is 0 Å². The second-order valence-electron chi connectivity index (χ2n) is 7.88. The van der Waals surface area contributed by atoms with Gasteiger partial charge in [0.15, 0.2) is 11.4 Å². The van der Waals surface area contributed by atoms with Gasteiger partial charge in [0.1, 0.15) is 19.2 Å². The highest BCUT2D eigenvalue weighted by molar-refractivity contribution is 6.36. The summed E-state index contributed by atoms with van der Waals surface area (Å²) in [7, 11) is 6.07. The fraction of sp³-hybridized carbons (Fsp3) is 0.160. The van der Waals surface area contributed by atoms with Crippen LogP contribution in [0.25, 0.3) is 27.9 Å². The van der Waals surface area contributed by atoms with E-state index in [1.807, 2.05) is 54.6 Å². The number of hydrogen-bond donors (Lipinski definition) is 2. The number of benzene rings is 2. The van der Waals surface area contributed by atoms with Crippen molar-refractivity contribution < 1.29 is 9.21 Å². The molecule has 2 aromatic carbocycles. The van der Waals surface area contributed by atoms with E-state index in [-0.39, 0.29) is 5.91 Å². The first-order chi connectivity index (χ1) is 16.6. The van der Waals surface area contributed by atoms with Crippen LogP contribution in [-0.2, 0) is 0 Å². The van der Waals surface area contributed by atoms with Gasteiger partial charge in [0.25, 0.3) is 5.91 Å². The number of furan rings is 1. The van der Waals surface area contributed by atoms with Crippen molar-refractivity contribution in [3.63, 3.8) is 0 Å². The van der Waals surface area contributed by atoms with Crippen LogP contribution in [-0.4, -0.2) is 41.4 Å². The molecule has 3 aromatic heterocycles. The van der Waals surface area contributed by atoms with Crippen molar-refractivity contribution in [2.45, 2.75) is 12.8 Å². The van der Waals surface area contributed by atoms with Gasteiger partial charge in [-0.1, -0.05) is 48.0 Å². The second-order valence-corrected chi connectivity index (χ2v) is 8.29. The first-order valence-corrected chi connectivity index (χ1v) is 11.4. The molecule has 0 spiro atoms. The summed E-state index contributed by atoms with van der Waals surface area (Å²) in [5.74, 6) is 0.876. The highest BCUT2D eigenvalue weighted by atomic mass is 35.5.